The van der Waals surface area contributed by atoms with E-state index in [4.69, 9.17) is 4.74 Å². The Morgan fingerprint density at radius 2 is 2.14 bits per heavy atom. The van der Waals surface area contributed by atoms with Crippen molar-refractivity contribution in [1.82, 2.24) is 14.1 Å². The van der Waals surface area contributed by atoms with Crippen LogP contribution in [-0.2, 0) is 17.8 Å². The zero-order valence-corrected chi connectivity index (χ0v) is 14.1. The van der Waals surface area contributed by atoms with E-state index in [1.165, 1.54) is 0 Å². The van der Waals surface area contributed by atoms with E-state index < -0.39 is 0 Å². The van der Waals surface area contributed by atoms with Gasteiger partial charge in [0, 0.05) is 36.3 Å². The SMILES string of the molecule is COCCn1c(=O)n(CC(C)(C)CO)c2ncc(Br)cc21. The van der Waals surface area contributed by atoms with Crippen LogP contribution in [0.15, 0.2) is 21.5 Å². The Kier molecular flexibility index (Phi) is 4.85. The summed E-state index contributed by atoms with van der Waals surface area (Å²) in [7, 11) is 1.60. The lowest BCUT2D eigenvalue weighted by Crippen LogP contribution is -2.32. The summed E-state index contributed by atoms with van der Waals surface area (Å²) in [4.78, 5) is 17.0. The van der Waals surface area contributed by atoms with Gasteiger partial charge in [-0.25, -0.2) is 9.78 Å². The van der Waals surface area contributed by atoms with E-state index >= 15 is 0 Å². The summed E-state index contributed by atoms with van der Waals surface area (Å²) in [5.74, 6) is 0. The summed E-state index contributed by atoms with van der Waals surface area (Å²) < 4.78 is 9.16. The number of halogens is 1. The number of hydrogen-bond donors (Lipinski definition) is 1. The Labute approximate surface area is 131 Å². The van der Waals surface area contributed by atoms with Gasteiger partial charge >= 0.3 is 5.69 Å². The summed E-state index contributed by atoms with van der Waals surface area (Å²) >= 11 is 3.39. The zero-order valence-electron chi connectivity index (χ0n) is 12.5. The topological polar surface area (TPSA) is 69.3 Å². The molecular weight excluding hydrogens is 338 g/mol. The maximum atomic E-state index is 12.6. The maximum Gasteiger partial charge on any atom is 0.330 e. The third-order valence-electron chi connectivity index (χ3n) is 3.36. The third kappa shape index (κ3) is 3.36. The number of pyridine rings is 1. The Balaban J connectivity index is 2.60. The Bertz CT molecular complexity index is 691. The van der Waals surface area contributed by atoms with E-state index in [0.717, 1.165) is 9.99 Å². The molecule has 0 spiro atoms. The monoisotopic (exact) mass is 357 g/mol. The van der Waals surface area contributed by atoms with Crippen molar-refractivity contribution in [3.63, 3.8) is 0 Å². The molecule has 6 nitrogen and oxygen atoms in total. The normalized spacial score (nSPS) is 12.2. The summed E-state index contributed by atoms with van der Waals surface area (Å²) in [6.07, 6.45) is 1.67. The number of methoxy groups -OCH3 is 1. The van der Waals surface area contributed by atoms with Crippen LogP contribution in [0.1, 0.15) is 13.8 Å². The van der Waals surface area contributed by atoms with Crippen LogP contribution in [0, 0.1) is 5.41 Å². The quantitative estimate of drug-likeness (QED) is 0.852. The van der Waals surface area contributed by atoms with Gasteiger partial charge in [0.1, 0.15) is 0 Å². The number of ether oxygens (including phenoxy) is 1. The summed E-state index contributed by atoms with van der Waals surface area (Å²) in [6.45, 7) is 5.16. The second kappa shape index (κ2) is 6.29. The first-order valence-corrected chi connectivity index (χ1v) is 7.53. The van der Waals surface area contributed by atoms with Gasteiger partial charge in [-0.3, -0.25) is 9.13 Å². The lowest BCUT2D eigenvalue weighted by Gasteiger charge is -2.21. The number of fused-ring (bicyclic) bond motifs is 1. The van der Waals surface area contributed by atoms with Gasteiger partial charge < -0.3 is 9.84 Å². The van der Waals surface area contributed by atoms with Crippen molar-refractivity contribution < 1.29 is 9.84 Å². The molecule has 0 amide bonds. The Morgan fingerprint density at radius 3 is 2.76 bits per heavy atom. The van der Waals surface area contributed by atoms with Crippen LogP contribution >= 0.6 is 15.9 Å². The number of aliphatic hydroxyl groups is 1. The smallest absolute Gasteiger partial charge is 0.330 e. The minimum absolute atomic E-state index is 0.000707. The van der Waals surface area contributed by atoms with E-state index in [2.05, 4.69) is 20.9 Å². The van der Waals surface area contributed by atoms with Gasteiger partial charge in [0.2, 0.25) is 0 Å². The van der Waals surface area contributed by atoms with E-state index in [9.17, 15) is 9.90 Å². The van der Waals surface area contributed by atoms with E-state index in [0.29, 0.717) is 25.3 Å². The molecule has 21 heavy (non-hydrogen) atoms. The molecule has 0 aliphatic carbocycles. The molecule has 7 heteroatoms. The lowest BCUT2D eigenvalue weighted by molar-refractivity contribution is 0.140. The molecule has 0 saturated heterocycles. The van der Waals surface area contributed by atoms with Crippen LogP contribution in [0.4, 0.5) is 0 Å². The molecular formula is C14H20BrN3O3. The van der Waals surface area contributed by atoms with Gasteiger partial charge in [0.15, 0.2) is 5.65 Å². The molecule has 2 aromatic rings. The molecule has 0 fully saturated rings. The molecule has 0 unspecified atom stereocenters. The van der Waals surface area contributed by atoms with E-state index in [-0.39, 0.29) is 17.7 Å². The first kappa shape index (κ1) is 16.2. The number of rotatable bonds is 6. The highest BCUT2D eigenvalue weighted by molar-refractivity contribution is 9.10. The van der Waals surface area contributed by atoms with Crippen molar-refractivity contribution in [1.29, 1.82) is 0 Å². The van der Waals surface area contributed by atoms with Crippen molar-refractivity contribution in [2.24, 2.45) is 5.41 Å². The van der Waals surface area contributed by atoms with E-state index in [1.807, 2.05) is 19.9 Å². The molecule has 0 radical (unpaired) electrons. The molecule has 2 aromatic heterocycles. The Hall–Kier alpha value is -1.18. The third-order valence-corrected chi connectivity index (χ3v) is 3.79. The van der Waals surface area contributed by atoms with Crippen LogP contribution in [0.25, 0.3) is 11.2 Å². The van der Waals surface area contributed by atoms with Crippen molar-refractivity contribution in [3.05, 3.63) is 27.2 Å². The lowest BCUT2D eigenvalue weighted by atomic mass is 9.95. The number of aromatic nitrogens is 3. The molecule has 0 atom stereocenters. The van der Waals surface area contributed by atoms with Gasteiger partial charge in [-0.15, -0.1) is 0 Å². The second-order valence-corrected chi connectivity index (χ2v) is 6.75. The van der Waals surface area contributed by atoms with Crippen LogP contribution in [0.5, 0.6) is 0 Å². The minimum Gasteiger partial charge on any atom is -0.396 e. The Morgan fingerprint density at radius 1 is 1.43 bits per heavy atom. The molecule has 0 bridgehead atoms. The summed E-state index contributed by atoms with van der Waals surface area (Å²) in [6, 6.07) is 1.88. The second-order valence-electron chi connectivity index (χ2n) is 5.83. The van der Waals surface area contributed by atoms with Gasteiger partial charge in [0.25, 0.3) is 0 Å². The number of imidazole rings is 1. The van der Waals surface area contributed by atoms with Crippen LogP contribution in [-0.4, -0.2) is 39.5 Å². The van der Waals surface area contributed by atoms with Gasteiger partial charge in [0.05, 0.1) is 18.7 Å². The standard InChI is InChI=1S/C14H20BrN3O3/c1-14(2,9-19)8-18-12-11(6-10(15)7-16-12)17(13(18)20)4-5-21-3/h6-7,19H,4-5,8-9H2,1-3H3. The van der Waals surface area contributed by atoms with Gasteiger partial charge in [-0.05, 0) is 22.0 Å². The van der Waals surface area contributed by atoms with E-state index in [1.54, 1.807) is 22.4 Å². The van der Waals surface area contributed by atoms with Crippen LogP contribution in [0.2, 0.25) is 0 Å². The molecule has 2 heterocycles. The molecule has 0 aliphatic heterocycles. The van der Waals surface area contributed by atoms with Crippen LogP contribution < -0.4 is 5.69 Å². The minimum atomic E-state index is -0.390. The highest BCUT2D eigenvalue weighted by atomic mass is 79.9. The first-order valence-electron chi connectivity index (χ1n) is 6.74. The fourth-order valence-electron chi connectivity index (χ4n) is 2.19. The van der Waals surface area contributed by atoms with Crippen molar-refractivity contribution in [2.75, 3.05) is 20.3 Å². The highest BCUT2D eigenvalue weighted by Gasteiger charge is 2.22. The fraction of sp³-hybridized carbons (Fsp3) is 0.571. The maximum absolute atomic E-state index is 12.6. The van der Waals surface area contributed by atoms with Gasteiger partial charge in [-0.2, -0.15) is 0 Å². The predicted molar refractivity (Wildman–Crippen MR) is 84.4 cm³/mol. The van der Waals surface area contributed by atoms with Crippen molar-refractivity contribution in [3.8, 4) is 0 Å². The first-order chi connectivity index (χ1) is 9.89. The molecule has 0 aromatic carbocycles. The van der Waals surface area contributed by atoms with Crippen LogP contribution in [0.3, 0.4) is 0 Å². The molecule has 0 aliphatic rings. The molecule has 1 N–H and O–H groups in total. The van der Waals surface area contributed by atoms with Crippen molar-refractivity contribution >= 4 is 27.1 Å². The van der Waals surface area contributed by atoms with Gasteiger partial charge in [-0.1, -0.05) is 13.8 Å². The number of nitrogens with zero attached hydrogens (tertiary/aromatic N) is 3. The fourth-order valence-corrected chi connectivity index (χ4v) is 2.51. The summed E-state index contributed by atoms with van der Waals surface area (Å²) in [5, 5.41) is 9.44. The van der Waals surface area contributed by atoms with Crippen molar-refractivity contribution in [2.45, 2.75) is 26.9 Å². The largest absolute Gasteiger partial charge is 0.396 e. The molecule has 116 valence electrons. The average Bonchev–Trinajstić information content (AvgIpc) is 2.69. The summed E-state index contributed by atoms with van der Waals surface area (Å²) in [5.41, 5.74) is 0.869. The highest BCUT2D eigenvalue weighted by Crippen LogP contribution is 2.21. The average molecular weight is 358 g/mol. The molecule has 2 rings (SSSR count). The predicted octanol–water partition coefficient (Wildman–Crippen LogP) is 1.63. The molecule has 0 saturated carbocycles. The number of aliphatic hydroxyl groups excluding tert-OH is 1. The number of hydrogen-bond acceptors (Lipinski definition) is 4. The zero-order chi connectivity index (χ0) is 15.6.